The van der Waals surface area contributed by atoms with Crippen LogP contribution in [0, 0.1) is 0 Å². The van der Waals surface area contributed by atoms with E-state index in [2.05, 4.69) is 19.8 Å². The second-order valence-corrected chi connectivity index (χ2v) is 7.65. The summed E-state index contributed by atoms with van der Waals surface area (Å²) in [6.07, 6.45) is 1.07. The lowest BCUT2D eigenvalue weighted by Gasteiger charge is -2.04. The molecule has 1 aromatic carbocycles. The number of carbonyl (C=O) groups is 1. The number of ether oxygens (including phenoxy) is 2. The number of thioether (sulfide) groups is 1. The lowest BCUT2D eigenvalue weighted by molar-refractivity contribution is -0.286. The maximum atomic E-state index is 13.3. The van der Waals surface area contributed by atoms with Crippen LogP contribution in [0.3, 0.4) is 0 Å². The molecule has 1 N–H and O–H groups in total. The number of rotatable bonds is 2. The van der Waals surface area contributed by atoms with Gasteiger partial charge in [0, 0.05) is 29.4 Å². The van der Waals surface area contributed by atoms with Crippen molar-refractivity contribution >= 4 is 51.3 Å². The van der Waals surface area contributed by atoms with Crippen LogP contribution in [0.5, 0.6) is 11.5 Å². The first kappa shape index (κ1) is 17.1. The van der Waals surface area contributed by atoms with Crippen molar-refractivity contribution in [3.05, 3.63) is 47.3 Å². The molecule has 6 nitrogen and oxygen atoms in total. The summed E-state index contributed by atoms with van der Waals surface area (Å²) in [4.78, 5) is 16.4. The van der Waals surface area contributed by atoms with Crippen LogP contribution in [0.1, 0.15) is 5.76 Å². The van der Waals surface area contributed by atoms with E-state index in [4.69, 9.17) is 16.6 Å². The van der Waals surface area contributed by atoms with Crippen LogP contribution in [-0.2, 0) is 4.79 Å². The fraction of sp³-hybridized carbons (Fsp3) is 0.0556. The molecular weight excluding hydrogens is 410 g/mol. The van der Waals surface area contributed by atoms with Gasteiger partial charge in [0.05, 0.1) is 4.91 Å². The second kappa shape index (κ2) is 6.01. The first-order valence-corrected chi connectivity index (χ1v) is 9.13. The van der Waals surface area contributed by atoms with Gasteiger partial charge in [0.2, 0.25) is 0 Å². The van der Waals surface area contributed by atoms with Gasteiger partial charge in [-0.15, -0.1) is 8.78 Å². The van der Waals surface area contributed by atoms with E-state index in [1.54, 1.807) is 30.6 Å². The number of nitrogens with zero attached hydrogens (tertiary/aromatic N) is 1. The van der Waals surface area contributed by atoms with E-state index >= 15 is 0 Å². The summed E-state index contributed by atoms with van der Waals surface area (Å²) in [6, 6.07) is 6.18. The number of nitrogens with one attached hydrogen (secondary N) is 1. The molecule has 3 aromatic rings. The Hall–Kier alpha value is -2.98. The number of hydrogen-bond donors (Lipinski definition) is 1. The molecule has 140 valence electrons. The number of amides is 1. The van der Waals surface area contributed by atoms with Gasteiger partial charge in [0.25, 0.3) is 5.91 Å². The summed E-state index contributed by atoms with van der Waals surface area (Å²) in [5.41, 5.74) is 1.65. The van der Waals surface area contributed by atoms with Crippen LogP contribution < -0.4 is 14.8 Å². The summed E-state index contributed by atoms with van der Waals surface area (Å²) in [6.45, 7) is 0. The van der Waals surface area contributed by atoms with Crippen LogP contribution in [0.2, 0.25) is 0 Å². The predicted octanol–water partition coefficient (Wildman–Crippen LogP) is 4.31. The lowest BCUT2D eigenvalue weighted by Crippen LogP contribution is -2.25. The molecule has 10 heteroatoms. The summed E-state index contributed by atoms with van der Waals surface area (Å²) in [7, 11) is 0. The molecular formula is C18H8F2N2O4S2. The van der Waals surface area contributed by atoms with Crippen LogP contribution in [-0.4, -0.2) is 21.5 Å². The summed E-state index contributed by atoms with van der Waals surface area (Å²) in [5, 5.41) is 3.23. The highest BCUT2D eigenvalue weighted by Gasteiger charge is 2.43. The van der Waals surface area contributed by atoms with Crippen LogP contribution in [0.4, 0.5) is 8.78 Å². The Morgan fingerprint density at radius 3 is 2.79 bits per heavy atom. The highest BCUT2D eigenvalue weighted by molar-refractivity contribution is 8.26. The second-order valence-electron chi connectivity index (χ2n) is 5.94. The molecule has 0 unspecified atom stereocenters. The zero-order valence-electron chi connectivity index (χ0n) is 13.7. The monoisotopic (exact) mass is 418 g/mol. The number of furan rings is 1. The number of halogens is 2. The maximum absolute atomic E-state index is 13.3. The molecule has 0 saturated carbocycles. The number of aromatic nitrogens is 1. The molecule has 4 heterocycles. The zero-order chi connectivity index (χ0) is 19.5. The number of benzene rings is 1. The van der Waals surface area contributed by atoms with E-state index in [0.29, 0.717) is 37.1 Å². The molecule has 1 amide bonds. The quantitative estimate of drug-likeness (QED) is 0.491. The number of fused-ring (bicyclic) bond motifs is 2. The van der Waals surface area contributed by atoms with Gasteiger partial charge in [0.15, 0.2) is 11.5 Å². The van der Waals surface area contributed by atoms with Gasteiger partial charge in [-0.25, -0.2) is 0 Å². The SMILES string of the molecule is O=C1NC(=S)SC1=Cc1cc2cncc(-c3ccc4c(c3)OC(F)(F)O4)c2o1. The average molecular weight is 418 g/mol. The Bertz CT molecular complexity index is 1210. The molecule has 2 aliphatic heterocycles. The smallest absolute Gasteiger partial charge is 0.456 e. The third kappa shape index (κ3) is 2.90. The third-order valence-corrected chi connectivity index (χ3v) is 5.23. The van der Waals surface area contributed by atoms with Gasteiger partial charge in [-0.1, -0.05) is 30.0 Å². The molecule has 0 spiro atoms. The molecule has 2 aromatic heterocycles. The molecule has 1 saturated heterocycles. The molecule has 0 atom stereocenters. The van der Waals surface area contributed by atoms with E-state index in [9.17, 15) is 13.6 Å². The van der Waals surface area contributed by atoms with Crippen molar-refractivity contribution < 1.29 is 27.5 Å². The van der Waals surface area contributed by atoms with Gasteiger partial charge < -0.3 is 19.2 Å². The molecule has 2 aliphatic rings. The number of alkyl halides is 2. The Kier molecular flexibility index (Phi) is 3.68. The first-order chi connectivity index (χ1) is 13.4. The van der Waals surface area contributed by atoms with E-state index in [-0.39, 0.29) is 17.4 Å². The topological polar surface area (TPSA) is 73.6 Å². The zero-order valence-corrected chi connectivity index (χ0v) is 15.3. The minimum Gasteiger partial charge on any atom is -0.456 e. The van der Waals surface area contributed by atoms with Gasteiger partial charge in [-0.2, -0.15) is 0 Å². The summed E-state index contributed by atoms with van der Waals surface area (Å²) >= 11 is 6.11. The number of thiocarbonyl (C=S) groups is 1. The normalized spacial score (nSPS) is 18.9. The summed E-state index contributed by atoms with van der Waals surface area (Å²) < 4.78 is 41.7. The fourth-order valence-corrected chi connectivity index (χ4v) is 3.95. The Morgan fingerprint density at radius 2 is 2.00 bits per heavy atom. The Balaban J connectivity index is 1.57. The average Bonchev–Trinajstić information content (AvgIpc) is 3.27. The van der Waals surface area contributed by atoms with Crippen LogP contribution >= 0.6 is 24.0 Å². The minimum atomic E-state index is -3.69. The van der Waals surface area contributed by atoms with Gasteiger partial charge in [-0.3, -0.25) is 9.78 Å². The molecule has 0 radical (unpaired) electrons. The lowest BCUT2D eigenvalue weighted by atomic mass is 10.1. The van der Waals surface area contributed by atoms with Crippen LogP contribution in [0.15, 0.2) is 46.0 Å². The fourth-order valence-electron chi connectivity index (χ4n) is 2.93. The van der Waals surface area contributed by atoms with E-state index < -0.39 is 6.29 Å². The molecule has 0 aliphatic carbocycles. The molecule has 28 heavy (non-hydrogen) atoms. The summed E-state index contributed by atoms with van der Waals surface area (Å²) in [5.74, 6) is 0.0457. The highest BCUT2D eigenvalue weighted by atomic mass is 32.2. The van der Waals surface area contributed by atoms with Gasteiger partial charge in [0.1, 0.15) is 15.7 Å². The highest BCUT2D eigenvalue weighted by Crippen LogP contribution is 2.44. The Labute approximate surface area is 165 Å². The molecule has 0 bridgehead atoms. The largest absolute Gasteiger partial charge is 0.586 e. The van der Waals surface area contributed by atoms with Crippen molar-refractivity contribution in [2.75, 3.05) is 0 Å². The van der Waals surface area contributed by atoms with Crippen molar-refractivity contribution in [2.24, 2.45) is 0 Å². The van der Waals surface area contributed by atoms with E-state index in [1.807, 2.05) is 0 Å². The van der Waals surface area contributed by atoms with Crippen LogP contribution in [0.25, 0.3) is 28.2 Å². The molecule has 5 rings (SSSR count). The minimum absolute atomic E-state index is 0.0426. The van der Waals surface area contributed by atoms with Crippen molar-refractivity contribution in [1.29, 1.82) is 0 Å². The number of pyridine rings is 1. The molecule has 1 fully saturated rings. The third-order valence-electron chi connectivity index (χ3n) is 4.07. The van der Waals surface area contributed by atoms with E-state index in [1.165, 1.54) is 12.1 Å². The van der Waals surface area contributed by atoms with E-state index in [0.717, 1.165) is 11.8 Å². The standard InChI is InChI=1S/C18H8F2N2O4S2/c19-18(20)25-12-2-1-8(4-13(12)26-18)11-7-21-6-9-3-10(24-15(9)11)5-14-16(23)22-17(27)28-14/h1-7H,(H,22,23,27). The number of hydrogen-bond acceptors (Lipinski definition) is 7. The van der Waals surface area contributed by atoms with Crippen molar-refractivity contribution in [3.63, 3.8) is 0 Å². The first-order valence-electron chi connectivity index (χ1n) is 7.91. The van der Waals surface area contributed by atoms with Crippen molar-refractivity contribution in [1.82, 2.24) is 10.3 Å². The van der Waals surface area contributed by atoms with Crippen molar-refractivity contribution in [2.45, 2.75) is 6.29 Å². The van der Waals surface area contributed by atoms with Crippen molar-refractivity contribution in [3.8, 4) is 22.6 Å². The van der Waals surface area contributed by atoms with Gasteiger partial charge in [-0.05, 0) is 23.8 Å². The Morgan fingerprint density at radius 1 is 1.18 bits per heavy atom. The maximum Gasteiger partial charge on any atom is 0.586 e. The predicted molar refractivity (Wildman–Crippen MR) is 102 cm³/mol. The van der Waals surface area contributed by atoms with Gasteiger partial charge >= 0.3 is 6.29 Å². The number of carbonyl (C=O) groups excluding carboxylic acids is 1.